The molecule has 0 saturated carbocycles. The van der Waals surface area contributed by atoms with E-state index in [4.69, 9.17) is 5.73 Å². The number of aryl methyl sites for hydroxylation is 1. The SMILES string of the molecule is Cn1c(=O)c2cc(C(=O)NCCN)cnc2n(C)c1=O. The van der Waals surface area contributed by atoms with Gasteiger partial charge in [-0.05, 0) is 6.07 Å². The van der Waals surface area contributed by atoms with E-state index in [9.17, 15) is 14.4 Å². The summed E-state index contributed by atoms with van der Waals surface area (Å²) in [5, 5.41) is 2.81. The zero-order chi connectivity index (χ0) is 14.9. The molecule has 0 aliphatic rings. The van der Waals surface area contributed by atoms with Crippen LogP contribution in [0.1, 0.15) is 10.4 Å². The van der Waals surface area contributed by atoms with Crippen LogP contribution in [0.4, 0.5) is 0 Å². The molecular formula is C12H15N5O3. The summed E-state index contributed by atoms with van der Waals surface area (Å²) < 4.78 is 2.24. The predicted molar refractivity (Wildman–Crippen MR) is 73.6 cm³/mol. The molecule has 0 aromatic carbocycles. The van der Waals surface area contributed by atoms with E-state index in [2.05, 4.69) is 10.3 Å². The summed E-state index contributed by atoms with van der Waals surface area (Å²) in [5.74, 6) is -0.360. The first-order valence-electron chi connectivity index (χ1n) is 6.01. The van der Waals surface area contributed by atoms with Crippen molar-refractivity contribution in [3.63, 3.8) is 0 Å². The molecule has 8 heteroatoms. The molecule has 0 fully saturated rings. The number of amides is 1. The summed E-state index contributed by atoms with van der Waals surface area (Å²) >= 11 is 0. The third kappa shape index (κ3) is 2.21. The van der Waals surface area contributed by atoms with Crippen molar-refractivity contribution in [2.24, 2.45) is 19.8 Å². The third-order valence-corrected chi connectivity index (χ3v) is 2.99. The van der Waals surface area contributed by atoms with Gasteiger partial charge in [0.15, 0.2) is 0 Å². The van der Waals surface area contributed by atoms with Gasteiger partial charge in [-0.2, -0.15) is 0 Å². The summed E-state index contributed by atoms with van der Waals surface area (Å²) in [7, 11) is 2.90. The molecule has 2 heterocycles. The Morgan fingerprint density at radius 1 is 1.35 bits per heavy atom. The van der Waals surface area contributed by atoms with Gasteiger partial charge in [0.05, 0.1) is 10.9 Å². The van der Waals surface area contributed by atoms with Crippen LogP contribution in [0.2, 0.25) is 0 Å². The highest BCUT2D eigenvalue weighted by Crippen LogP contribution is 2.07. The predicted octanol–water partition coefficient (Wildman–Crippen LogP) is -1.68. The first-order chi connectivity index (χ1) is 9.47. The highest BCUT2D eigenvalue weighted by atomic mass is 16.2. The molecule has 8 nitrogen and oxygen atoms in total. The first kappa shape index (κ1) is 13.9. The second-order valence-electron chi connectivity index (χ2n) is 4.35. The quantitative estimate of drug-likeness (QED) is 0.696. The molecule has 0 aliphatic carbocycles. The molecule has 0 bridgehead atoms. The lowest BCUT2D eigenvalue weighted by atomic mass is 10.2. The number of hydrogen-bond donors (Lipinski definition) is 2. The van der Waals surface area contributed by atoms with Crippen LogP contribution in [0.25, 0.3) is 11.0 Å². The number of rotatable bonds is 3. The molecule has 0 spiro atoms. The minimum atomic E-state index is -0.482. The highest BCUT2D eigenvalue weighted by Gasteiger charge is 2.13. The van der Waals surface area contributed by atoms with E-state index in [1.54, 1.807) is 0 Å². The molecule has 3 N–H and O–H groups in total. The van der Waals surface area contributed by atoms with Gasteiger partial charge in [-0.15, -0.1) is 0 Å². The molecular weight excluding hydrogens is 262 g/mol. The van der Waals surface area contributed by atoms with E-state index < -0.39 is 11.2 Å². The van der Waals surface area contributed by atoms with Crippen molar-refractivity contribution in [3.8, 4) is 0 Å². The van der Waals surface area contributed by atoms with Crippen LogP contribution in [-0.4, -0.2) is 33.1 Å². The summed E-state index contributed by atoms with van der Waals surface area (Å²) in [6, 6.07) is 1.43. The maximum atomic E-state index is 12.0. The lowest BCUT2D eigenvalue weighted by Crippen LogP contribution is -2.37. The monoisotopic (exact) mass is 277 g/mol. The fourth-order valence-corrected chi connectivity index (χ4v) is 1.88. The van der Waals surface area contributed by atoms with Crippen molar-refractivity contribution in [2.75, 3.05) is 13.1 Å². The van der Waals surface area contributed by atoms with Crippen LogP contribution in [0.5, 0.6) is 0 Å². The number of nitrogens with two attached hydrogens (primary N) is 1. The van der Waals surface area contributed by atoms with E-state index in [0.29, 0.717) is 13.1 Å². The molecule has 0 radical (unpaired) electrons. The average molecular weight is 277 g/mol. The molecule has 0 unspecified atom stereocenters. The maximum absolute atomic E-state index is 12.0. The fraction of sp³-hybridized carbons (Fsp3) is 0.333. The van der Waals surface area contributed by atoms with Crippen LogP contribution in [0, 0.1) is 0 Å². The van der Waals surface area contributed by atoms with Gasteiger partial charge in [0.1, 0.15) is 5.65 Å². The zero-order valence-electron chi connectivity index (χ0n) is 11.2. The first-order valence-corrected chi connectivity index (χ1v) is 6.01. The number of nitrogens with one attached hydrogen (secondary N) is 1. The van der Waals surface area contributed by atoms with Gasteiger partial charge in [0, 0.05) is 33.4 Å². The number of pyridine rings is 1. The Morgan fingerprint density at radius 3 is 2.70 bits per heavy atom. The topological polar surface area (TPSA) is 112 Å². The van der Waals surface area contributed by atoms with E-state index in [1.165, 1.54) is 30.9 Å². The summed E-state index contributed by atoms with van der Waals surface area (Å²) in [6.45, 7) is 0.658. The number of fused-ring (bicyclic) bond motifs is 1. The third-order valence-electron chi connectivity index (χ3n) is 2.99. The van der Waals surface area contributed by atoms with Gasteiger partial charge in [-0.1, -0.05) is 0 Å². The maximum Gasteiger partial charge on any atom is 0.332 e. The van der Waals surface area contributed by atoms with Crippen LogP contribution >= 0.6 is 0 Å². The summed E-state index contributed by atoms with van der Waals surface area (Å²) in [5.41, 5.74) is 4.85. The molecule has 0 saturated heterocycles. The Hall–Kier alpha value is -2.48. The second kappa shape index (κ2) is 5.25. The van der Waals surface area contributed by atoms with Gasteiger partial charge in [-0.3, -0.25) is 18.7 Å². The van der Waals surface area contributed by atoms with Crippen LogP contribution < -0.4 is 22.3 Å². The standard InChI is InChI=1S/C12H15N5O3/c1-16-9-8(11(19)17(2)12(16)20)5-7(6-15-9)10(18)14-4-3-13/h5-6H,3-4,13H2,1-2H3,(H,14,18). The molecule has 0 aliphatic heterocycles. The van der Waals surface area contributed by atoms with Crippen LogP contribution in [-0.2, 0) is 14.1 Å². The van der Waals surface area contributed by atoms with Crippen molar-refractivity contribution in [2.45, 2.75) is 0 Å². The van der Waals surface area contributed by atoms with E-state index in [1.807, 2.05) is 0 Å². The molecule has 20 heavy (non-hydrogen) atoms. The number of carbonyl (C=O) groups excluding carboxylic acids is 1. The fourth-order valence-electron chi connectivity index (χ4n) is 1.88. The van der Waals surface area contributed by atoms with Crippen LogP contribution in [0.3, 0.4) is 0 Å². The lowest BCUT2D eigenvalue weighted by Gasteiger charge is -2.08. The normalized spacial score (nSPS) is 10.8. The van der Waals surface area contributed by atoms with Gasteiger partial charge in [-0.25, -0.2) is 9.78 Å². The average Bonchev–Trinajstić information content (AvgIpc) is 2.47. The molecule has 1 amide bonds. The van der Waals surface area contributed by atoms with Crippen molar-refractivity contribution < 1.29 is 4.79 Å². The number of aromatic nitrogens is 3. The Kier molecular flexibility index (Phi) is 3.66. The Bertz CT molecular complexity index is 790. The van der Waals surface area contributed by atoms with Gasteiger partial charge in [0.2, 0.25) is 0 Å². The van der Waals surface area contributed by atoms with Gasteiger partial charge >= 0.3 is 5.69 Å². The summed E-state index contributed by atoms with van der Waals surface area (Å²) in [6.07, 6.45) is 1.33. The molecule has 106 valence electrons. The zero-order valence-corrected chi connectivity index (χ0v) is 11.2. The second-order valence-corrected chi connectivity index (χ2v) is 4.35. The molecule has 2 aromatic rings. The van der Waals surface area contributed by atoms with Crippen molar-refractivity contribution in [1.29, 1.82) is 0 Å². The minimum Gasteiger partial charge on any atom is -0.351 e. The van der Waals surface area contributed by atoms with E-state index in [-0.39, 0.29) is 22.5 Å². The smallest absolute Gasteiger partial charge is 0.332 e. The molecule has 0 atom stereocenters. The van der Waals surface area contributed by atoms with Crippen molar-refractivity contribution in [1.82, 2.24) is 19.4 Å². The number of carbonyl (C=O) groups is 1. The number of nitrogens with zero attached hydrogens (tertiary/aromatic N) is 3. The van der Waals surface area contributed by atoms with E-state index >= 15 is 0 Å². The highest BCUT2D eigenvalue weighted by molar-refractivity contribution is 5.96. The number of hydrogen-bond acceptors (Lipinski definition) is 5. The Morgan fingerprint density at radius 2 is 2.05 bits per heavy atom. The van der Waals surface area contributed by atoms with E-state index in [0.717, 1.165) is 4.57 Å². The lowest BCUT2D eigenvalue weighted by molar-refractivity contribution is 0.0954. The minimum absolute atomic E-state index is 0.218. The van der Waals surface area contributed by atoms with Gasteiger partial charge < -0.3 is 11.1 Å². The molecule has 2 aromatic heterocycles. The summed E-state index contributed by atoms with van der Waals surface area (Å²) in [4.78, 5) is 39.6. The van der Waals surface area contributed by atoms with Crippen LogP contribution in [0.15, 0.2) is 21.9 Å². The van der Waals surface area contributed by atoms with Gasteiger partial charge in [0.25, 0.3) is 11.5 Å². The van der Waals surface area contributed by atoms with Crippen molar-refractivity contribution >= 4 is 16.9 Å². The largest absolute Gasteiger partial charge is 0.351 e. The Balaban J connectivity index is 2.63. The Labute approximate surface area is 113 Å². The van der Waals surface area contributed by atoms with Crippen molar-refractivity contribution in [3.05, 3.63) is 38.7 Å². The molecule has 2 rings (SSSR count).